The summed E-state index contributed by atoms with van der Waals surface area (Å²) in [4.78, 5) is 78.5. The van der Waals surface area contributed by atoms with Gasteiger partial charge in [0.15, 0.2) is 0 Å². The predicted molar refractivity (Wildman–Crippen MR) is 221 cm³/mol. The Morgan fingerprint density at radius 2 is 1.30 bits per heavy atom. The summed E-state index contributed by atoms with van der Waals surface area (Å²) in [6.45, 7) is 9.37. The van der Waals surface area contributed by atoms with E-state index in [1.807, 2.05) is 68.5 Å². The number of rotatable bonds is 19. The van der Waals surface area contributed by atoms with E-state index in [2.05, 4.69) is 21.9 Å². The van der Waals surface area contributed by atoms with Crippen molar-refractivity contribution >= 4 is 35.6 Å². The van der Waals surface area contributed by atoms with Crippen molar-refractivity contribution in [2.24, 2.45) is 23.7 Å². The molecule has 6 heterocycles. The highest BCUT2D eigenvalue weighted by Gasteiger charge is 2.60. The van der Waals surface area contributed by atoms with E-state index in [0.29, 0.717) is 29.9 Å². The van der Waals surface area contributed by atoms with Gasteiger partial charge in [-0.3, -0.25) is 43.7 Å². The molecule has 2 aromatic heterocycles. The Balaban J connectivity index is 0.885. The lowest BCUT2D eigenvalue weighted by molar-refractivity contribution is -0.145. The van der Waals surface area contributed by atoms with Crippen molar-refractivity contribution in [1.82, 2.24) is 25.1 Å². The summed E-state index contributed by atoms with van der Waals surface area (Å²) in [5, 5.41) is 2.83. The summed E-state index contributed by atoms with van der Waals surface area (Å²) in [6, 6.07) is 16.8. The first-order valence-electron chi connectivity index (χ1n) is 20.6. The number of hydrogen-bond donors (Lipinski definition) is 1. The maximum absolute atomic E-state index is 13.7. The van der Waals surface area contributed by atoms with Crippen LogP contribution in [0.4, 0.5) is 0 Å². The van der Waals surface area contributed by atoms with Crippen LogP contribution in [0.25, 0.3) is 17.5 Å². The summed E-state index contributed by atoms with van der Waals surface area (Å²) >= 11 is 0. The first-order chi connectivity index (χ1) is 29.2. The van der Waals surface area contributed by atoms with Gasteiger partial charge in [-0.15, -0.1) is 6.58 Å². The van der Waals surface area contributed by atoms with Gasteiger partial charge in [-0.2, -0.15) is 0 Å². The monoisotopic (exact) mass is 817 g/mol. The second kappa shape index (κ2) is 19.6. The SMILES string of the molecule is C=CC1OC(/C=C\C2OC(/C=C/c3ccccc3)C3C(=O)N(CCCC)C(=O)C23)C2C(=O)N(CCOCCOCCNC(=O)c3ccnc(-c4cc(C)ccn4)c3)C(=O)C12. The van der Waals surface area contributed by atoms with E-state index in [9.17, 15) is 24.0 Å². The minimum Gasteiger partial charge on any atom is -0.377 e. The van der Waals surface area contributed by atoms with E-state index >= 15 is 0 Å². The Hall–Kier alpha value is -5.67. The van der Waals surface area contributed by atoms with Gasteiger partial charge in [-0.1, -0.05) is 74.1 Å². The van der Waals surface area contributed by atoms with Gasteiger partial charge in [0.1, 0.15) is 0 Å². The molecule has 0 saturated carbocycles. The fraction of sp³-hybridized carbons (Fsp3) is 0.413. The molecular formula is C46H51N5O9. The van der Waals surface area contributed by atoms with Crippen LogP contribution in [0.2, 0.25) is 0 Å². The highest BCUT2D eigenvalue weighted by atomic mass is 16.5. The molecule has 4 fully saturated rings. The zero-order chi connectivity index (χ0) is 42.2. The quantitative estimate of drug-likeness (QED) is 0.105. The van der Waals surface area contributed by atoms with Crippen LogP contribution in [0.15, 0.2) is 97.9 Å². The first kappa shape index (κ1) is 42.5. The van der Waals surface area contributed by atoms with Gasteiger partial charge in [-0.25, -0.2) is 0 Å². The summed E-state index contributed by atoms with van der Waals surface area (Å²) < 4.78 is 23.8. The smallest absolute Gasteiger partial charge is 0.251 e. The average molecular weight is 818 g/mol. The number of imide groups is 2. The van der Waals surface area contributed by atoms with E-state index in [1.165, 1.54) is 15.9 Å². The lowest BCUT2D eigenvalue weighted by atomic mass is 9.87. The Morgan fingerprint density at radius 3 is 1.93 bits per heavy atom. The summed E-state index contributed by atoms with van der Waals surface area (Å²) in [7, 11) is 0. The number of amides is 5. The van der Waals surface area contributed by atoms with Gasteiger partial charge in [-0.05, 0) is 48.7 Å². The van der Waals surface area contributed by atoms with Crippen molar-refractivity contribution < 1.29 is 42.9 Å². The third kappa shape index (κ3) is 9.21. The van der Waals surface area contributed by atoms with Crippen molar-refractivity contribution in [2.45, 2.75) is 51.1 Å². The molecule has 0 spiro atoms. The minimum absolute atomic E-state index is 0.0577. The summed E-state index contributed by atoms with van der Waals surface area (Å²) in [5.41, 5.74) is 3.74. The lowest BCUT2D eigenvalue weighted by Gasteiger charge is -2.21. The van der Waals surface area contributed by atoms with Crippen molar-refractivity contribution in [1.29, 1.82) is 0 Å². The molecule has 3 aromatic rings. The number of aryl methyl sites for hydroxylation is 1. The number of benzene rings is 1. The Labute approximate surface area is 349 Å². The minimum atomic E-state index is -0.791. The van der Waals surface area contributed by atoms with E-state index in [4.69, 9.17) is 18.9 Å². The van der Waals surface area contributed by atoms with Gasteiger partial charge in [0.25, 0.3) is 5.91 Å². The second-order valence-electron chi connectivity index (χ2n) is 15.3. The van der Waals surface area contributed by atoms with Crippen molar-refractivity contribution in [2.75, 3.05) is 46.1 Å². The molecule has 60 heavy (non-hydrogen) atoms. The number of ether oxygens (including phenoxy) is 4. The fourth-order valence-electron chi connectivity index (χ4n) is 8.28. The van der Waals surface area contributed by atoms with Crippen LogP contribution >= 0.6 is 0 Å². The van der Waals surface area contributed by atoms with E-state index < -0.39 is 48.1 Å². The average Bonchev–Trinajstić information content (AvgIpc) is 3.96. The molecule has 14 heteroatoms. The predicted octanol–water partition coefficient (Wildman–Crippen LogP) is 4.21. The molecule has 1 aromatic carbocycles. The number of pyridine rings is 2. The number of nitrogens with zero attached hydrogens (tertiary/aromatic N) is 4. The zero-order valence-electron chi connectivity index (χ0n) is 33.9. The van der Waals surface area contributed by atoms with Gasteiger partial charge >= 0.3 is 0 Å². The molecule has 5 amide bonds. The van der Waals surface area contributed by atoms with Crippen LogP contribution in [0, 0.1) is 30.6 Å². The van der Waals surface area contributed by atoms with Crippen LogP contribution in [0.1, 0.15) is 41.3 Å². The number of fused-ring (bicyclic) bond motifs is 2. The molecule has 1 N–H and O–H groups in total. The van der Waals surface area contributed by atoms with Crippen molar-refractivity contribution in [3.8, 4) is 11.4 Å². The normalized spacial score (nSPS) is 26.2. The van der Waals surface area contributed by atoms with Gasteiger partial charge in [0.05, 0.1) is 92.4 Å². The summed E-state index contributed by atoms with van der Waals surface area (Å²) in [5.74, 6) is -4.42. The standard InChI is InChI=1S/C46H51N5O9/c1-4-6-21-50-44(54)40-35(13-12-30-10-8-7-9-11-30)60-37(41(40)45(50)55)15-14-36-39-38(34(5-2)59-36)43(53)51(46(39)56)22-24-58-26-25-57-23-20-49-42(52)31-17-19-48-33(28-31)32-27-29(3)16-18-47-32/h5,7-19,27-28,34-41H,2,4,6,20-26H2,1,3H3,(H,49,52)/b13-12+,15-14-. The molecule has 4 aliphatic heterocycles. The maximum atomic E-state index is 13.7. The largest absolute Gasteiger partial charge is 0.377 e. The second-order valence-corrected chi connectivity index (χ2v) is 15.3. The molecule has 4 saturated heterocycles. The molecular weight excluding hydrogens is 767 g/mol. The Kier molecular flexibility index (Phi) is 13.9. The number of hydrogen-bond acceptors (Lipinski definition) is 11. The molecule has 0 bridgehead atoms. The third-order valence-electron chi connectivity index (χ3n) is 11.3. The zero-order valence-corrected chi connectivity index (χ0v) is 33.9. The van der Waals surface area contributed by atoms with Crippen LogP contribution < -0.4 is 5.32 Å². The topological polar surface area (TPSA) is 167 Å². The highest BCUT2D eigenvalue weighted by molar-refractivity contribution is 6.07. The maximum Gasteiger partial charge on any atom is 0.251 e. The Bertz CT molecular complexity index is 2120. The van der Waals surface area contributed by atoms with Crippen molar-refractivity contribution in [3.05, 3.63) is 115 Å². The molecule has 8 atom stereocenters. The number of carbonyl (C=O) groups excluding carboxylic acids is 5. The number of carbonyl (C=O) groups is 5. The molecule has 4 aliphatic rings. The lowest BCUT2D eigenvalue weighted by Crippen LogP contribution is -2.38. The van der Waals surface area contributed by atoms with Gasteiger partial charge in [0.2, 0.25) is 23.6 Å². The van der Waals surface area contributed by atoms with E-state index in [1.54, 1.807) is 36.7 Å². The number of unbranched alkanes of at least 4 members (excludes halogenated alkanes) is 1. The number of aromatic nitrogens is 2. The third-order valence-corrected chi connectivity index (χ3v) is 11.3. The van der Waals surface area contributed by atoms with E-state index in [0.717, 1.165) is 17.5 Å². The Morgan fingerprint density at radius 1 is 0.733 bits per heavy atom. The molecule has 0 radical (unpaired) electrons. The molecule has 0 aliphatic carbocycles. The molecule has 8 unspecified atom stereocenters. The first-order valence-corrected chi connectivity index (χ1v) is 20.6. The van der Waals surface area contributed by atoms with Gasteiger partial charge in [0, 0.05) is 31.0 Å². The van der Waals surface area contributed by atoms with Crippen LogP contribution in [0.5, 0.6) is 0 Å². The fourth-order valence-corrected chi connectivity index (χ4v) is 8.28. The van der Waals surface area contributed by atoms with Crippen molar-refractivity contribution in [3.63, 3.8) is 0 Å². The molecule has 14 nitrogen and oxygen atoms in total. The van der Waals surface area contributed by atoms with E-state index in [-0.39, 0.29) is 69.1 Å². The van der Waals surface area contributed by atoms with Crippen LogP contribution in [-0.2, 0) is 38.1 Å². The highest BCUT2D eigenvalue weighted by Crippen LogP contribution is 2.44. The van der Waals surface area contributed by atoms with Crippen LogP contribution in [0.3, 0.4) is 0 Å². The number of likely N-dealkylation sites (tertiary alicyclic amines) is 2. The summed E-state index contributed by atoms with van der Waals surface area (Å²) in [6.07, 6.45) is 10.7. The van der Waals surface area contributed by atoms with Crippen LogP contribution in [-0.4, -0.2) is 120 Å². The number of nitrogens with one attached hydrogen (secondary N) is 1. The van der Waals surface area contributed by atoms with Gasteiger partial charge < -0.3 is 24.3 Å². The molecule has 7 rings (SSSR count). The molecule has 314 valence electrons.